The maximum absolute atomic E-state index is 11.1. The quantitative estimate of drug-likeness (QED) is 0.877. The number of aromatic nitrogens is 1. The number of carbonyl (C=O) groups is 1. The molecule has 1 unspecified atom stereocenters. The molecule has 0 bridgehead atoms. The van der Waals surface area contributed by atoms with Gasteiger partial charge in [0, 0.05) is 18.0 Å². The Hall–Kier alpha value is -2.16. The smallest absolute Gasteiger partial charge is 0.310 e. The highest BCUT2D eigenvalue weighted by Crippen LogP contribution is 2.28. The molecule has 1 aromatic carbocycles. The van der Waals surface area contributed by atoms with E-state index in [0.29, 0.717) is 0 Å². The van der Waals surface area contributed by atoms with Gasteiger partial charge in [-0.25, -0.2) is 0 Å². The lowest BCUT2D eigenvalue weighted by molar-refractivity contribution is -0.138. The molecule has 0 radical (unpaired) electrons. The Morgan fingerprint density at radius 1 is 1.24 bits per heavy atom. The fraction of sp³-hybridized carbons (Fsp3) is 0.143. The van der Waals surface area contributed by atoms with Crippen molar-refractivity contribution in [2.24, 2.45) is 0 Å². The van der Waals surface area contributed by atoms with E-state index in [2.05, 4.69) is 4.98 Å². The van der Waals surface area contributed by atoms with Crippen molar-refractivity contribution in [2.75, 3.05) is 0 Å². The minimum Gasteiger partial charge on any atom is -0.481 e. The van der Waals surface area contributed by atoms with Gasteiger partial charge in [-0.2, -0.15) is 0 Å². The van der Waals surface area contributed by atoms with E-state index >= 15 is 0 Å². The molecule has 0 aliphatic carbocycles. The highest BCUT2D eigenvalue weighted by molar-refractivity contribution is 5.80. The third-order valence-corrected chi connectivity index (χ3v) is 2.78. The lowest BCUT2D eigenvalue weighted by Gasteiger charge is -2.12. The summed E-state index contributed by atoms with van der Waals surface area (Å²) in [6.07, 6.45) is 3.34. The zero-order valence-corrected chi connectivity index (χ0v) is 9.50. The van der Waals surface area contributed by atoms with Crippen molar-refractivity contribution in [3.05, 3.63) is 54.4 Å². The third kappa shape index (κ3) is 2.33. The molecular formula is C14H13NO2. The summed E-state index contributed by atoms with van der Waals surface area (Å²) < 4.78 is 0. The lowest BCUT2D eigenvalue weighted by atomic mass is 9.93. The number of pyridine rings is 1. The first-order valence-corrected chi connectivity index (χ1v) is 5.42. The SMILES string of the molecule is CC(C(=O)O)c1ccncc1-c1ccccc1. The number of hydrogen-bond donors (Lipinski definition) is 1. The number of rotatable bonds is 3. The average Bonchev–Trinajstić information content (AvgIpc) is 2.39. The standard InChI is InChI=1S/C14H13NO2/c1-10(14(16)17)12-7-8-15-9-13(12)11-5-3-2-4-6-11/h2-10H,1H3,(H,16,17). The fourth-order valence-electron chi connectivity index (χ4n) is 1.77. The van der Waals surface area contributed by atoms with Crippen LogP contribution in [0.5, 0.6) is 0 Å². The minimum absolute atomic E-state index is 0.534. The lowest BCUT2D eigenvalue weighted by Crippen LogP contribution is -2.08. The van der Waals surface area contributed by atoms with Gasteiger partial charge in [0.1, 0.15) is 0 Å². The molecule has 3 nitrogen and oxygen atoms in total. The number of carboxylic acid groups (broad SMARTS) is 1. The van der Waals surface area contributed by atoms with Crippen LogP contribution in [0.2, 0.25) is 0 Å². The Morgan fingerprint density at radius 3 is 2.59 bits per heavy atom. The maximum Gasteiger partial charge on any atom is 0.310 e. The predicted octanol–water partition coefficient (Wildman–Crippen LogP) is 2.94. The van der Waals surface area contributed by atoms with E-state index in [1.54, 1.807) is 25.4 Å². The van der Waals surface area contributed by atoms with Gasteiger partial charge in [0.05, 0.1) is 5.92 Å². The summed E-state index contributed by atoms with van der Waals surface area (Å²) in [6, 6.07) is 11.5. The maximum atomic E-state index is 11.1. The van der Waals surface area contributed by atoms with Gasteiger partial charge < -0.3 is 5.11 Å². The summed E-state index contributed by atoms with van der Waals surface area (Å²) in [5.41, 5.74) is 2.66. The normalized spacial score (nSPS) is 12.1. The molecule has 0 saturated carbocycles. The van der Waals surface area contributed by atoms with Crippen molar-refractivity contribution in [3.8, 4) is 11.1 Å². The highest BCUT2D eigenvalue weighted by Gasteiger charge is 2.17. The summed E-state index contributed by atoms with van der Waals surface area (Å²) in [6.45, 7) is 1.68. The first-order valence-electron chi connectivity index (χ1n) is 5.42. The molecule has 1 aromatic heterocycles. The van der Waals surface area contributed by atoms with Crippen LogP contribution in [0.3, 0.4) is 0 Å². The fourth-order valence-corrected chi connectivity index (χ4v) is 1.77. The zero-order valence-electron chi connectivity index (χ0n) is 9.50. The molecule has 2 rings (SSSR count). The van der Waals surface area contributed by atoms with Crippen molar-refractivity contribution in [1.82, 2.24) is 4.98 Å². The van der Waals surface area contributed by atoms with E-state index < -0.39 is 11.9 Å². The Labute approximate surface area is 99.8 Å². The van der Waals surface area contributed by atoms with Gasteiger partial charge >= 0.3 is 5.97 Å². The van der Waals surface area contributed by atoms with E-state index in [1.807, 2.05) is 30.3 Å². The molecule has 3 heteroatoms. The van der Waals surface area contributed by atoms with E-state index in [-0.39, 0.29) is 0 Å². The Balaban J connectivity index is 2.52. The van der Waals surface area contributed by atoms with Crippen LogP contribution < -0.4 is 0 Å². The summed E-state index contributed by atoms with van der Waals surface area (Å²) >= 11 is 0. The largest absolute Gasteiger partial charge is 0.481 e. The van der Waals surface area contributed by atoms with Crippen LogP contribution in [0.25, 0.3) is 11.1 Å². The second-order valence-corrected chi connectivity index (χ2v) is 3.89. The minimum atomic E-state index is -0.826. The molecule has 0 amide bonds. The van der Waals surface area contributed by atoms with Crippen molar-refractivity contribution in [1.29, 1.82) is 0 Å². The predicted molar refractivity (Wildman–Crippen MR) is 65.7 cm³/mol. The van der Waals surface area contributed by atoms with Gasteiger partial charge in [-0.1, -0.05) is 30.3 Å². The van der Waals surface area contributed by atoms with Crippen molar-refractivity contribution >= 4 is 5.97 Å². The molecule has 1 N–H and O–H groups in total. The number of benzene rings is 1. The molecular weight excluding hydrogens is 214 g/mol. The van der Waals surface area contributed by atoms with Crippen LogP contribution in [-0.4, -0.2) is 16.1 Å². The molecule has 86 valence electrons. The first-order chi connectivity index (χ1) is 8.20. The Bertz CT molecular complexity index is 523. The highest BCUT2D eigenvalue weighted by atomic mass is 16.4. The number of aliphatic carboxylic acids is 1. The molecule has 17 heavy (non-hydrogen) atoms. The number of hydrogen-bond acceptors (Lipinski definition) is 2. The van der Waals surface area contributed by atoms with Gasteiger partial charge in [-0.05, 0) is 24.1 Å². The molecule has 0 saturated heterocycles. The first kappa shape index (κ1) is 11.3. The average molecular weight is 227 g/mol. The number of nitrogens with zero attached hydrogens (tertiary/aromatic N) is 1. The molecule has 0 spiro atoms. The summed E-state index contributed by atoms with van der Waals surface area (Å²) in [5.74, 6) is -1.36. The second kappa shape index (κ2) is 4.78. The van der Waals surface area contributed by atoms with Crippen molar-refractivity contribution in [3.63, 3.8) is 0 Å². The van der Waals surface area contributed by atoms with Crippen LogP contribution >= 0.6 is 0 Å². The molecule has 1 atom stereocenters. The van der Waals surface area contributed by atoms with Crippen molar-refractivity contribution < 1.29 is 9.90 Å². The Kier molecular flexibility index (Phi) is 3.19. The van der Waals surface area contributed by atoms with E-state index in [0.717, 1.165) is 16.7 Å². The van der Waals surface area contributed by atoms with Gasteiger partial charge in [-0.15, -0.1) is 0 Å². The number of carboxylic acids is 1. The van der Waals surface area contributed by atoms with Crippen molar-refractivity contribution in [2.45, 2.75) is 12.8 Å². The Morgan fingerprint density at radius 2 is 1.94 bits per heavy atom. The zero-order chi connectivity index (χ0) is 12.3. The van der Waals surface area contributed by atoms with Gasteiger partial charge in [-0.3, -0.25) is 9.78 Å². The molecule has 0 aliphatic heterocycles. The topological polar surface area (TPSA) is 50.2 Å². The van der Waals surface area contributed by atoms with E-state index in [1.165, 1.54) is 0 Å². The van der Waals surface area contributed by atoms with Crippen LogP contribution in [0.1, 0.15) is 18.4 Å². The van der Waals surface area contributed by atoms with Gasteiger partial charge in [0.2, 0.25) is 0 Å². The second-order valence-electron chi connectivity index (χ2n) is 3.89. The summed E-state index contributed by atoms with van der Waals surface area (Å²) in [7, 11) is 0. The molecule has 0 fully saturated rings. The van der Waals surface area contributed by atoms with Gasteiger partial charge in [0.15, 0.2) is 0 Å². The van der Waals surface area contributed by atoms with Gasteiger partial charge in [0.25, 0.3) is 0 Å². The summed E-state index contributed by atoms with van der Waals surface area (Å²) in [5, 5.41) is 9.09. The van der Waals surface area contributed by atoms with E-state index in [9.17, 15) is 4.79 Å². The third-order valence-electron chi connectivity index (χ3n) is 2.78. The van der Waals surface area contributed by atoms with Crippen LogP contribution in [0.15, 0.2) is 48.8 Å². The monoisotopic (exact) mass is 227 g/mol. The summed E-state index contributed by atoms with van der Waals surface area (Å²) in [4.78, 5) is 15.1. The van der Waals surface area contributed by atoms with Crippen LogP contribution in [-0.2, 0) is 4.79 Å². The van der Waals surface area contributed by atoms with Crippen LogP contribution in [0, 0.1) is 0 Å². The molecule has 1 heterocycles. The van der Waals surface area contributed by atoms with Crippen LogP contribution in [0.4, 0.5) is 0 Å². The molecule has 0 aliphatic rings. The van der Waals surface area contributed by atoms with E-state index in [4.69, 9.17) is 5.11 Å². The molecule has 2 aromatic rings.